The third-order valence-electron chi connectivity index (χ3n) is 2.96. The van der Waals surface area contributed by atoms with Gasteiger partial charge in [-0.15, -0.1) is 12.4 Å². The highest BCUT2D eigenvalue weighted by Crippen LogP contribution is 2.23. The molecular weight excluding hydrogens is 278 g/mol. The number of esters is 1. The summed E-state index contributed by atoms with van der Waals surface area (Å²) in [5.41, 5.74) is 6.81. The zero-order chi connectivity index (χ0) is 14.4. The number of ether oxygens (including phenoxy) is 1. The van der Waals surface area contributed by atoms with Crippen LogP contribution >= 0.6 is 12.4 Å². The lowest BCUT2D eigenvalue weighted by Gasteiger charge is -2.20. The number of nitrogens with two attached hydrogens (primary N) is 1. The fraction of sp³-hybridized carbons (Fsp3) is 0.533. The van der Waals surface area contributed by atoms with Gasteiger partial charge in [0.05, 0.1) is 12.1 Å². The van der Waals surface area contributed by atoms with E-state index in [9.17, 15) is 9.90 Å². The Kier molecular flexibility index (Phi) is 8.46. The number of halogens is 1. The molecule has 4 nitrogen and oxygen atoms in total. The minimum absolute atomic E-state index is 0. The lowest BCUT2D eigenvalue weighted by molar-refractivity contribution is -0.131. The van der Waals surface area contributed by atoms with E-state index in [2.05, 4.69) is 13.8 Å². The van der Waals surface area contributed by atoms with Gasteiger partial charge < -0.3 is 15.6 Å². The number of aliphatic hydroxyl groups is 1. The number of rotatable bonds is 6. The number of hydrogen-bond acceptors (Lipinski definition) is 4. The van der Waals surface area contributed by atoms with Gasteiger partial charge in [-0.3, -0.25) is 4.79 Å². The van der Waals surface area contributed by atoms with E-state index in [1.807, 2.05) is 6.07 Å². The summed E-state index contributed by atoms with van der Waals surface area (Å²) in [7, 11) is 0. The quantitative estimate of drug-likeness (QED) is 0.626. The molecule has 0 radical (unpaired) electrons. The van der Waals surface area contributed by atoms with Crippen LogP contribution in [0.15, 0.2) is 24.3 Å². The maximum atomic E-state index is 10.9. The van der Waals surface area contributed by atoms with E-state index in [4.69, 9.17) is 10.5 Å². The lowest BCUT2D eigenvalue weighted by Crippen LogP contribution is -2.26. The Balaban J connectivity index is 0.00000361. The summed E-state index contributed by atoms with van der Waals surface area (Å²) in [6.45, 7) is 5.57. The van der Waals surface area contributed by atoms with E-state index in [1.165, 1.54) is 6.92 Å². The third kappa shape index (κ3) is 6.37. The zero-order valence-corrected chi connectivity index (χ0v) is 13.0. The van der Waals surface area contributed by atoms with Gasteiger partial charge in [-0.05, 0) is 36.5 Å². The number of aliphatic hydroxyl groups excluding tert-OH is 1. The molecule has 0 saturated carbocycles. The topological polar surface area (TPSA) is 72.5 Å². The van der Waals surface area contributed by atoms with Crippen molar-refractivity contribution in [3.8, 4) is 5.75 Å². The van der Waals surface area contributed by atoms with Gasteiger partial charge in [-0.2, -0.15) is 0 Å². The average molecular weight is 302 g/mol. The van der Waals surface area contributed by atoms with Gasteiger partial charge in [0.1, 0.15) is 5.75 Å². The summed E-state index contributed by atoms with van der Waals surface area (Å²) < 4.78 is 5.01. The maximum absolute atomic E-state index is 10.9. The first-order valence-corrected chi connectivity index (χ1v) is 6.62. The minimum atomic E-state index is -0.588. The molecule has 114 valence electrons. The van der Waals surface area contributed by atoms with E-state index >= 15 is 0 Å². The molecular formula is C15H24ClNO3. The summed E-state index contributed by atoms with van der Waals surface area (Å²) in [5, 5.41) is 10.1. The first kappa shape index (κ1) is 18.9. The Hall–Kier alpha value is -1.10. The first-order valence-electron chi connectivity index (χ1n) is 6.62. The molecule has 0 bridgehead atoms. The van der Waals surface area contributed by atoms with E-state index < -0.39 is 12.1 Å². The molecule has 0 saturated heterocycles. The van der Waals surface area contributed by atoms with E-state index in [1.54, 1.807) is 18.2 Å². The lowest BCUT2D eigenvalue weighted by atomic mass is 9.96. The standard InChI is InChI=1S/C15H23NO3.ClH/c1-10(2)7-8-14(18)15(16)12-5-4-6-13(9-12)19-11(3)17;/h4-6,9-10,14-15,18H,7-8,16H2,1-3H3;1H/t14-,15+;/m1./s1. The van der Waals surface area contributed by atoms with Crippen LogP contribution < -0.4 is 10.5 Å². The van der Waals surface area contributed by atoms with Gasteiger partial charge >= 0.3 is 5.97 Å². The van der Waals surface area contributed by atoms with Gasteiger partial charge in [0, 0.05) is 6.92 Å². The van der Waals surface area contributed by atoms with E-state index in [-0.39, 0.29) is 18.4 Å². The molecule has 0 fully saturated rings. The molecule has 0 unspecified atom stereocenters. The van der Waals surface area contributed by atoms with Crippen molar-refractivity contribution >= 4 is 18.4 Å². The Morgan fingerprint density at radius 2 is 2.00 bits per heavy atom. The van der Waals surface area contributed by atoms with Crippen LogP contribution in [0.3, 0.4) is 0 Å². The zero-order valence-electron chi connectivity index (χ0n) is 12.2. The fourth-order valence-corrected chi connectivity index (χ4v) is 1.86. The molecule has 0 aromatic heterocycles. The molecule has 0 amide bonds. The van der Waals surface area contributed by atoms with Crippen molar-refractivity contribution in [1.29, 1.82) is 0 Å². The van der Waals surface area contributed by atoms with Crippen LogP contribution in [0.5, 0.6) is 5.75 Å². The van der Waals surface area contributed by atoms with Crippen LogP contribution in [0, 0.1) is 5.92 Å². The van der Waals surface area contributed by atoms with Crippen molar-refractivity contribution in [3.05, 3.63) is 29.8 Å². The van der Waals surface area contributed by atoms with Crippen LogP contribution in [0.25, 0.3) is 0 Å². The first-order chi connectivity index (χ1) is 8.90. The van der Waals surface area contributed by atoms with Crippen molar-refractivity contribution in [2.24, 2.45) is 11.7 Å². The highest BCUT2D eigenvalue weighted by atomic mass is 35.5. The molecule has 3 N–H and O–H groups in total. The summed E-state index contributed by atoms with van der Waals surface area (Å²) in [6.07, 6.45) is 1.00. The van der Waals surface area contributed by atoms with E-state index in [0.29, 0.717) is 18.1 Å². The predicted octanol–water partition coefficient (Wildman–Crippen LogP) is 2.83. The molecule has 0 aliphatic carbocycles. The highest BCUT2D eigenvalue weighted by molar-refractivity contribution is 5.85. The molecule has 0 aliphatic rings. The van der Waals surface area contributed by atoms with Crippen LogP contribution in [0.4, 0.5) is 0 Å². The van der Waals surface area contributed by atoms with Crippen molar-refractivity contribution in [2.75, 3.05) is 0 Å². The molecule has 0 aliphatic heterocycles. The van der Waals surface area contributed by atoms with Crippen LogP contribution in [0.1, 0.15) is 45.2 Å². The second-order valence-electron chi connectivity index (χ2n) is 5.23. The summed E-state index contributed by atoms with van der Waals surface area (Å²) in [5.74, 6) is 0.622. The van der Waals surface area contributed by atoms with Crippen molar-refractivity contribution in [3.63, 3.8) is 0 Å². The molecule has 0 spiro atoms. The molecule has 1 rings (SSSR count). The minimum Gasteiger partial charge on any atom is -0.427 e. The SMILES string of the molecule is CC(=O)Oc1cccc([C@H](N)[C@H](O)CCC(C)C)c1.Cl. The van der Waals surface area contributed by atoms with Gasteiger partial charge in [0.25, 0.3) is 0 Å². The van der Waals surface area contributed by atoms with Gasteiger partial charge in [-0.25, -0.2) is 0 Å². The molecule has 20 heavy (non-hydrogen) atoms. The third-order valence-corrected chi connectivity index (χ3v) is 2.96. The second-order valence-corrected chi connectivity index (χ2v) is 5.23. The maximum Gasteiger partial charge on any atom is 0.308 e. The van der Waals surface area contributed by atoms with Gasteiger partial charge in [0.2, 0.25) is 0 Å². The summed E-state index contributed by atoms with van der Waals surface area (Å²) in [4.78, 5) is 10.9. The molecule has 5 heteroatoms. The summed E-state index contributed by atoms with van der Waals surface area (Å²) >= 11 is 0. The molecule has 0 heterocycles. The smallest absolute Gasteiger partial charge is 0.308 e. The Morgan fingerprint density at radius 1 is 1.35 bits per heavy atom. The number of hydrogen-bond donors (Lipinski definition) is 2. The second kappa shape index (κ2) is 8.95. The number of benzene rings is 1. The van der Waals surface area contributed by atoms with Crippen LogP contribution in [-0.4, -0.2) is 17.2 Å². The van der Waals surface area contributed by atoms with E-state index in [0.717, 1.165) is 12.0 Å². The van der Waals surface area contributed by atoms with Gasteiger partial charge in [-0.1, -0.05) is 26.0 Å². The Morgan fingerprint density at radius 3 is 2.55 bits per heavy atom. The summed E-state index contributed by atoms with van der Waals surface area (Å²) in [6, 6.07) is 6.52. The molecule has 2 atom stereocenters. The monoisotopic (exact) mass is 301 g/mol. The fourth-order valence-electron chi connectivity index (χ4n) is 1.86. The van der Waals surface area contributed by atoms with Crippen LogP contribution in [0.2, 0.25) is 0 Å². The number of carbonyl (C=O) groups is 1. The van der Waals surface area contributed by atoms with Crippen LogP contribution in [-0.2, 0) is 4.79 Å². The average Bonchev–Trinajstić information content (AvgIpc) is 2.34. The van der Waals surface area contributed by atoms with Gasteiger partial charge in [0.15, 0.2) is 0 Å². The largest absolute Gasteiger partial charge is 0.427 e. The van der Waals surface area contributed by atoms with Crippen molar-refractivity contribution in [1.82, 2.24) is 0 Å². The molecule has 1 aromatic carbocycles. The predicted molar refractivity (Wildman–Crippen MR) is 82.0 cm³/mol. The van der Waals surface area contributed by atoms with Crippen molar-refractivity contribution in [2.45, 2.75) is 45.8 Å². The number of carbonyl (C=O) groups excluding carboxylic acids is 1. The normalized spacial score (nSPS) is 13.5. The van der Waals surface area contributed by atoms with Crippen molar-refractivity contribution < 1.29 is 14.6 Å². The Bertz CT molecular complexity index is 423. The highest BCUT2D eigenvalue weighted by Gasteiger charge is 2.17. The molecule has 1 aromatic rings. The Labute approximate surface area is 126 Å².